The van der Waals surface area contributed by atoms with Gasteiger partial charge < -0.3 is 4.74 Å². The van der Waals surface area contributed by atoms with Crippen LogP contribution in [0.5, 0.6) is 11.6 Å². The number of hydrogen-bond acceptors (Lipinski definition) is 4. The molecule has 2 heterocycles. The van der Waals surface area contributed by atoms with Crippen LogP contribution in [-0.4, -0.2) is 15.0 Å². The summed E-state index contributed by atoms with van der Waals surface area (Å²) in [4.78, 5) is 13.0. The third-order valence-electron chi connectivity index (χ3n) is 2.81. The zero-order valence-corrected chi connectivity index (χ0v) is 12.7. The molecule has 20 heavy (non-hydrogen) atoms. The van der Waals surface area contributed by atoms with Crippen molar-refractivity contribution in [3.63, 3.8) is 0 Å². The Kier molecular flexibility index (Phi) is 4.90. The summed E-state index contributed by atoms with van der Waals surface area (Å²) in [5, 5.41) is 0.400. The van der Waals surface area contributed by atoms with Crippen LogP contribution in [0.1, 0.15) is 37.5 Å². The van der Waals surface area contributed by atoms with E-state index in [9.17, 15) is 0 Å². The Morgan fingerprint density at radius 1 is 1.15 bits per heavy atom. The lowest BCUT2D eigenvalue weighted by atomic mass is 10.2. The van der Waals surface area contributed by atoms with Gasteiger partial charge in [0.25, 0.3) is 0 Å². The van der Waals surface area contributed by atoms with Crippen molar-refractivity contribution in [1.29, 1.82) is 0 Å². The Morgan fingerprint density at radius 2 is 1.95 bits per heavy atom. The van der Waals surface area contributed by atoms with E-state index >= 15 is 0 Å². The van der Waals surface area contributed by atoms with Crippen molar-refractivity contribution >= 4 is 11.6 Å². The standard InChI is InChI=1S/C15H18ClN3O/c1-4-6-14-18-13(16)9-15(19-14)20-12-8-7-10(3)17-11(12)5-2/h7-9H,4-6H2,1-3H3. The molecule has 0 N–H and O–H groups in total. The molecule has 0 aromatic carbocycles. The van der Waals surface area contributed by atoms with Gasteiger partial charge in [0.15, 0.2) is 5.75 Å². The van der Waals surface area contributed by atoms with Gasteiger partial charge in [-0.05, 0) is 31.9 Å². The number of nitrogens with zero attached hydrogens (tertiary/aromatic N) is 3. The van der Waals surface area contributed by atoms with Crippen LogP contribution in [-0.2, 0) is 12.8 Å². The summed E-state index contributed by atoms with van der Waals surface area (Å²) in [5.74, 6) is 1.89. The highest BCUT2D eigenvalue weighted by Gasteiger charge is 2.09. The van der Waals surface area contributed by atoms with Gasteiger partial charge in [0.05, 0.1) is 5.69 Å². The molecule has 0 bridgehead atoms. The van der Waals surface area contributed by atoms with E-state index < -0.39 is 0 Å². The quantitative estimate of drug-likeness (QED) is 0.777. The monoisotopic (exact) mass is 291 g/mol. The third-order valence-corrected chi connectivity index (χ3v) is 3.01. The topological polar surface area (TPSA) is 47.9 Å². The second kappa shape index (κ2) is 6.66. The molecule has 0 saturated heterocycles. The molecule has 0 saturated carbocycles. The molecule has 0 atom stereocenters. The van der Waals surface area contributed by atoms with Crippen molar-refractivity contribution in [3.8, 4) is 11.6 Å². The lowest BCUT2D eigenvalue weighted by molar-refractivity contribution is 0.449. The van der Waals surface area contributed by atoms with Crippen LogP contribution in [0.3, 0.4) is 0 Å². The van der Waals surface area contributed by atoms with Gasteiger partial charge in [0.1, 0.15) is 11.0 Å². The number of aryl methyl sites for hydroxylation is 3. The highest BCUT2D eigenvalue weighted by Crippen LogP contribution is 2.25. The maximum Gasteiger partial charge on any atom is 0.224 e. The summed E-state index contributed by atoms with van der Waals surface area (Å²) >= 11 is 6.00. The predicted octanol–water partition coefficient (Wildman–Crippen LogP) is 4.14. The Hall–Kier alpha value is -1.68. The summed E-state index contributed by atoms with van der Waals surface area (Å²) in [6, 6.07) is 5.46. The Bertz CT molecular complexity index is 602. The van der Waals surface area contributed by atoms with Gasteiger partial charge in [0.2, 0.25) is 5.88 Å². The van der Waals surface area contributed by atoms with Gasteiger partial charge in [-0.3, -0.25) is 4.98 Å². The molecule has 0 radical (unpaired) electrons. The molecule has 0 spiro atoms. The number of halogens is 1. The van der Waals surface area contributed by atoms with Crippen LogP contribution >= 0.6 is 11.6 Å². The lowest BCUT2D eigenvalue weighted by Gasteiger charge is -2.10. The number of hydrogen-bond donors (Lipinski definition) is 0. The van der Waals surface area contributed by atoms with Crippen LogP contribution in [0.4, 0.5) is 0 Å². The molecule has 4 nitrogen and oxygen atoms in total. The zero-order valence-electron chi connectivity index (χ0n) is 12.0. The Morgan fingerprint density at radius 3 is 2.65 bits per heavy atom. The maximum atomic E-state index is 6.00. The fraction of sp³-hybridized carbons (Fsp3) is 0.400. The average Bonchev–Trinajstić information content (AvgIpc) is 2.40. The van der Waals surface area contributed by atoms with Crippen LogP contribution in [0.2, 0.25) is 5.15 Å². The molecule has 0 aliphatic heterocycles. The van der Waals surface area contributed by atoms with E-state index in [2.05, 4.69) is 21.9 Å². The smallest absolute Gasteiger partial charge is 0.224 e. The van der Waals surface area contributed by atoms with Gasteiger partial charge in [-0.15, -0.1) is 0 Å². The fourth-order valence-corrected chi connectivity index (χ4v) is 2.08. The van der Waals surface area contributed by atoms with Crippen molar-refractivity contribution in [2.75, 3.05) is 0 Å². The van der Waals surface area contributed by atoms with Crippen LogP contribution < -0.4 is 4.74 Å². The minimum Gasteiger partial charge on any atom is -0.437 e. The van der Waals surface area contributed by atoms with Crippen molar-refractivity contribution in [2.45, 2.75) is 40.0 Å². The van der Waals surface area contributed by atoms with Crippen LogP contribution in [0.15, 0.2) is 18.2 Å². The Balaban J connectivity index is 2.29. The molecule has 0 aliphatic rings. The third kappa shape index (κ3) is 3.67. The van der Waals surface area contributed by atoms with E-state index in [0.29, 0.717) is 16.9 Å². The van der Waals surface area contributed by atoms with E-state index in [-0.39, 0.29) is 0 Å². The normalized spacial score (nSPS) is 10.6. The first-order valence-corrected chi connectivity index (χ1v) is 7.18. The summed E-state index contributed by atoms with van der Waals surface area (Å²) < 4.78 is 5.83. The van der Waals surface area contributed by atoms with Crippen molar-refractivity contribution < 1.29 is 4.74 Å². The van der Waals surface area contributed by atoms with Crippen molar-refractivity contribution in [1.82, 2.24) is 15.0 Å². The van der Waals surface area contributed by atoms with E-state index in [1.165, 1.54) is 0 Å². The SMILES string of the molecule is CCCc1nc(Cl)cc(Oc2ccc(C)nc2CC)n1. The summed E-state index contributed by atoms with van der Waals surface area (Å²) in [7, 11) is 0. The van der Waals surface area contributed by atoms with E-state index in [1.807, 2.05) is 26.0 Å². The zero-order chi connectivity index (χ0) is 14.5. The van der Waals surface area contributed by atoms with Crippen LogP contribution in [0, 0.1) is 6.92 Å². The molecule has 0 amide bonds. The number of aromatic nitrogens is 3. The average molecular weight is 292 g/mol. The molecule has 2 aromatic heterocycles. The number of ether oxygens (including phenoxy) is 1. The first-order valence-electron chi connectivity index (χ1n) is 6.80. The van der Waals surface area contributed by atoms with Gasteiger partial charge in [0, 0.05) is 18.2 Å². The van der Waals surface area contributed by atoms with Gasteiger partial charge in [-0.2, -0.15) is 4.98 Å². The summed E-state index contributed by atoms with van der Waals surface area (Å²) in [5.41, 5.74) is 1.89. The Labute approximate surface area is 124 Å². The predicted molar refractivity (Wildman–Crippen MR) is 79.5 cm³/mol. The lowest BCUT2D eigenvalue weighted by Crippen LogP contribution is -2.00. The van der Waals surface area contributed by atoms with Gasteiger partial charge >= 0.3 is 0 Å². The van der Waals surface area contributed by atoms with E-state index in [4.69, 9.17) is 16.3 Å². The molecular formula is C15H18ClN3O. The second-order valence-corrected chi connectivity index (χ2v) is 4.94. The van der Waals surface area contributed by atoms with Crippen molar-refractivity contribution in [3.05, 3.63) is 40.6 Å². The maximum absolute atomic E-state index is 6.00. The largest absolute Gasteiger partial charge is 0.437 e. The summed E-state index contributed by atoms with van der Waals surface area (Å²) in [6.07, 6.45) is 2.55. The number of rotatable bonds is 5. The molecule has 5 heteroatoms. The summed E-state index contributed by atoms with van der Waals surface area (Å²) in [6.45, 7) is 6.08. The second-order valence-electron chi connectivity index (χ2n) is 4.55. The molecular weight excluding hydrogens is 274 g/mol. The first kappa shape index (κ1) is 14.7. The fourth-order valence-electron chi connectivity index (χ4n) is 1.89. The highest BCUT2D eigenvalue weighted by molar-refractivity contribution is 6.29. The van der Waals surface area contributed by atoms with Gasteiger partial charge in [-0.1, -0.05) is 25.4 Å². The van der Waals surface area contributed by atoms with Gasteiger partial charge in [-0.25, -0.2) is 4.98 Å². The molecule has 2 aromatic rings. The van der Waals surface area contributed by atoms with E-state index in [1.54, 1.807) is 6.07 Å². The van der Waals surface area contributed by atoms with Crippen molar-refractivity contribution in [2.24, 2.45) is 0 Å². The van der Waals surface area contributed by atoms with Crippen LogP contribution in [0.25, 0.3) is 0 Å². The molecule has 0 fully saturated rings. The molecule has 0 aliphatic carbocycles. The first-order chi connectivity index (χ1) is 9.62. The number of pyridine rings is 1. The minimum absolute atomic E-state index is 0.400. The highest BCUT2D eigenvalue weighted by atomic mass is 35.5. The van der Waals surface area contributed by atoms with E-state index in [0.717, 1.165) is 36.4 Å². The minimum atomic E-state index is 0.400. The molecule has 106 valence electrons. The molecule has 2 rings (SSSR count). The molecule has 0 unspecified atom stereocenters.